The van der Waals surface area contributed by atoms with Gasteiger partial charge in [-0.3, -0.25) is 0 Å². The van der Waals surface area contributed by atoms with Crippen LogP contribution in [0.15, 0.2) is 52.5 Å². The first-order chi connectivity index (χ1) is 9.58. The van der Waals surface area contributed by atoms with Gasteiger partial charge in [0.25, 0.3) is 0 Å². The Kier molecular flexibility index (Phi) is 4.85. The maximum absolute atomic E-state index is 4.46. The molecule has 0 saturated carbocycles. The van der Waals surface area contributed by atoms with Gasteiger partial charge in [0.15, 0.2) is 0 Å². The van der Waals surface area contributed by atoms with Crippen molar-refractivity contribution in [2.45, 2.75) is 32.6 Å². The first-order valence-corrected chi connectivity index (χ1v) is 7.49. The van der Waals surface area contributed by atoms with Crippen molar-refractivity contribution in [1.82, 2.24) is 4.83 Å². The van der Waals surface area contributed by atoms with Gasteiger partial charge in [-0.25, -0.2) is 4.83 Å². The van der Waals surface area contributed by atoms with Crippen LogP contribution in [0.4, 0.5) is 0 Å². The minimum Gasteiger partial charge on any atom is -0.247 e. The fraction of sp³-hybridized carbons (Fsp3) is 0.235. The summed E-state index contributed by atoms with van der Waals surface area (Å²) >= 11 is 1.53. The molecular weight excluding hydrogens is 264 g/mol. The summed E-state index contributed by atoms with van der Waals surface area (Å²) in [5, 5.41) is 4.46. The largest absolute Gasteiger partial charge is 0.247 e. The van der Waals surface area contributed by atoms with Crippen LogP contribution in [-0.2, 0) is 0 Å². The highest BCUT2D eigenvalue weighted by molar-refractivity contribution is 7.97. The zero-order valence-corrected chi connectivity index (χ0v) is 13.2. The zero-order valence-electron chi connectivity index (χ0n) is 12.4. The average molecular weight is 284 g/mol. The minimum absolute atomic E-state index is 1.01. The summed E-state index contributed by atoms with van der Waals surface area (Å²) in [6.07, 6.45) is 0. The highest BCUT2D eigenvalue weighted by Gasteiger charge is 2.05. The maximum atomic E-state index is 4.46. The van der Waals surface area contributed by atoms with Crippen LogP contribution < -0.4 is 4.83 Å². The Balaban J connectivity index is 2.06. The van der Waals surface area contributed by atoms with E-state index < -0.39 is 0 Å². The van der Waals surface area contributed by atoms with E-state index in [2.05, 4.69) is 73.2 Å². The maximum Gasteiger partial charge on any atom is 0.0659 e. The van der Waals surface area contributed by atoms with Crippen molar-refractivity contribution in [2.75, 3.05) is 0 Å². The van der Waals surface area contributed by atoms with Crippen LogP contribution in [0.2, 0.25) is 0 Å². The summed E-state index contributed by atoms with van der Waals surface area (Å²) in [7, 11) is 0. The van der Waals surface area contributed by atoms with E-state index in [-0.39, 0.29) is 0 Å². The van der Waals surface area contributed by atoms with Crippen LogP contribution in [0.5, 0.6) is 0 Å². The summed E-state index contributed by atoms with van der Waals surface area (Å²) in [5.74, 6) is 0. The van der Waals surface area contributed by atoms with Gasteiger partial charge < -0.3 is 0 Å². The van der Waals surface area contributed by atoms with Gasteiger partial charge in [-0.05, 0) is 51.0 Å². The van der Waals surface area contributed by atoms with Crippen molar-refractivity contribution in [3.8, 4) is 0 Å². The summed E-state index contributed by atoms with van der Waals surface area (Å²) in [6.45, 7) is 8.37. The first-order valence-electron chi connectivity index (χ1n) is 6.67. The van der Waals surface area contributed by atoms with Gasteiger partial charge >= 0.3 is 0 Å². The van der Waals surface area contributed by atoms with E-state index in [1.54, 1.807) is 0 Å². The minimum atomic E-state index is 1.01. The fourth-order valence-electron chi connectivity index (χ4n) is 2.19. The van der Waals surface area contributed by atoms with Gasteiger partial charge in [-0.1, -0.05) is 35.9 Å². The number of nitrogens with one attached hydrogen (secondary N) is 1. The van der Waals surface area contributed by atoms with E-state index in [1.807, 2.05) is 6.92 Å². The summed E-state index contributed by atoms with van der Waals surface area (Å²) < 4.78 is 0. The Morgan fingerprint density at radius 2 is 1.55 bits per heavy atom. The van der Waals surface area contributed by atoms with Crippen LogP contribution in [0.25, 0.3) is 0 Å². The van der Waals surface area contributed by atoms with Crippen molar-refractivity contribution in [1.29, 1.82) is 0 Å². The van der Waals surface area contributed by atoms with E-state index in [1.165, 1.54) is 34.2 Å². The molecule has 0 spiro atoms. The standard InChI is InChI=1S/C17H20N2S/c1-12-8-10-16(11-9-12)20-19-18-15(4)17-13(2)6-5-7-14(17)3/h5-11,19H,1-4H3/b18-15-. The van der Waals surface area contributed by atoms with Gasteiger partial charge in [0, 0.05) is 22.4 Å². The van der Waals surface area contributed by atoms with Gasteiger partial charge in [0.2, 0.25) is 0 Å². The second-order valence-electron chi connectivity index (χ2n) is 4.97. The Morgan fingerprint density at radius 3 is 2.15 bits per heavy atom. The van der Waals surface area contributed by atoms with Crippen molar-refractivity contribution in [3.63, 3.8) is 0 Å². The van der Waals surface area contributed by atoms with Crippen molar-refractivity contribution in [2.24, 2.45) is 5.10 Å². The highest BCUT2D eigenvalue weighted by atomic mass is 32.2. The molecular formula is C17H20N2S. The first kappa shape index (κ1) is 14.7. The molecule has 0 saturated heterocycles. The summed E-state index contributed by atoms with van der Waals surface area (Å²) in [4.78, 5) is 4.24. The lowest BCUT2D eigenvalue weighted by atomic mass is 10.00. The average Bonchev–Trinajstić information content (AvgIpc) is 2.41. The molecule has 0 aliphatic carbocycles. The molecule has 2 nitrogen and oxygen atoms in total. The molecule has 0 heterocycles. The lowest BCUT2D eigenvalue weighted by Gasteiger charge is -2.09. The molecule has 0 radical (unpaired) electrons. The molecule has 0 bridgehead atoms. The molecule has 0 unspecified atom stereocenters. The number of nitrogens with zero attached hydrogens (tertiary/aromatic N) is 1. The molecule has 1 N–H and O–H groups in total. The monoisotopic (exact) mass is 284 g/mol. The molecule has 0 atom stereocenters. The highest BCUT2D eigenvalue weighted by Crippen LogP contribution is 2.17. The van der Waals surface area contributed by atoms with E-state index in [9.17, 15) is 0 Å². The fourth-order valence-corrected chi connectivity index (χ4v) is 2.75. The van der Waals surface area contributed by atoms with E-state index >= 15 is 0 Å². The SMILES string of the molecule is C/C(=N/NSc1ccc(C)cc1)c1c(C)cccc1C. The molecule has 20 heavy (non-hydrogen) atoms. The molecule has 0 aliphatic rings. The van der Waals surface area contributed by atoms with Crippen molar-refractivity contribution < 1.29 is 0 Å². The van der Waals surface area contributed by atoms with Gasteiger partial charge in [-0.15, -0.1) is 0 Å². The summed E-state index contributed by atoms with van der Waals surface area (Å²) in [6, 6.07) is 14.7. The molecule has 0 amide bonds. The van der Waals surface area contributed by atoms with E-state index in [4.69, 9.17) is 0 Å². The number of benzene rings is 2. The second kappa shape index (κ2) is 6.62. The number of aryl methyl sites for hydroxylation is 3. The van der Waals surface area contributed by atoms with Crippen LogP contribution in [0, 0.1) is 20.8 Å². The molecule has 2 rings (SSSR count). The van der Waals surface area contributed by atoms with E-state index in [0.717, 1.165) is 10.6 Å². The Morgan fingerprint density at radius 1 is 0.950 bits per heavy atom. The number of rotatable bonds is 4. The Hall–Kier alpha value is -1.74. The lowest BCUT2D eigenvalue weighted by Crippen LogP contribution is -2.05. The molecule has 0 fully saturated rings. The lowest BCUT2D eigenvalue weighted by molar-refractivity contribution is 1.10. The number of hydrogen-bond acceptors (Lipinski definition) is 3. The van der Waals surface area contributed by atoms with Crippen LogP contribution in [0.3, 0.4) is 0 Å². The van der Waals surface area contributed by atoms with E-state index in [0.29, 0.717) is 0 Å². The quantitative estimate of drug-likeness (QED) is 0.503. The van der Waals surface area contributed by atoms with Crippen molar-refractivity contribution >= 4 is 17.7 Å². The third-order valence-corrected chi connectivity index (χ3v) is 3.93. The predicted octanol–water partition coefficient (Wildman–Crippen LogP) is 4.63. The van der Waals surface area contributed by atoms with Crippen LogP contribution in [0.1, 0.15) is 29.2 Å². The Labute approximate surface area is 125 Å². The number of hydrogen-bond donors (Lipinski definition) is 1. The Bertz CT molecular complexity index is 595. The van der Waals surface area contributed by atoms with Gasteiger partial charge in [0.1, 0.15) is 0 Å². The number of hydrazone groups is 1. The van der Waals surface area contributed by atoms with Crippen LogP contribution >= 0.6 is 11.9 Å². The third kappa shape index (κ3) is 3.64. The third-order valence-electron chi connectivity index (χ3n) is 3.24. The molecule has 2 aromatic carbocycles. The molecule has 3 heteroatoms. The smallest absolute Gasteiger partial charge is 0.0659 e. The van der Waals surface area contributed by atoms with Crippen LogP contribution in [-0.4, -0.2) is 5.71 Å². The predicted molar refractivity (Wildman–Crippen MR) is 88.3 cm³/mol. The topological polar surface area (TPSA) is 24.4 Å². The molecule has 0 aliphatic heterocycles. The zero-order chi connectivity index (χ0) is 14.5. The normalized spacial score (nSPS) is 11.5. The van der Waals surface area contributed by atoms with Crippen molar-refractivity contribution in [3.05, 3.63) is 64.7 Å². The molecule has 0 aromatic heterocycles. The summed E-state index contributed by atoms with van der Waals surface area (Å²) in [5.41, 5.74) is 6.02. The molecule has 104 valence electrons. The second-order valence-corrected chi connectivity index (χ2v) is 5.83. The molecule has 2 aromatic rings. The van der Waals surface area contributed by atoms with Gasteiger partial charge in [-0.2, -0.15) is 5.10 Å². The van der Waals surface area contributed by atoms with Gasteiger partial charge in [0.05, 0.1) is 5.71 Å².